The summed E-state index contributed by atoms with van der Waals surface area (Å²) in [5, 5.41) is 8.87. The van der Waals surface area contributed by atoms with E-state index in [1.807, 2.05) is 0 Å². The van der Waals surface area contributed by atoms with Gasteiger partial charge in [0.15, 0.2) is 6.61 Å². The van der Waals surface area contributed by atoms with Gasteiger partial charge in [-0.2, -0.15) is 4.31 Å². The SMILES string of the molecule is O=C(OCc1nnc(-c2ccc(Cl)cc2)o1)C1CCCN(S(=O)(=O)c2ccc(Cl)cc2)C1. The summed E-state index contributed by atoms with van der Waals surface area (Å²) in [6.45, 7) is 0.187. The van der Waals surface area contributed by atoms with Crippen LogP contribution in [0.1, 0.15) is 18.7 Å². The van der Waals surface area contributed by atoms with E-state index in [2.05, 4.69) is 10.2 Å². The maximum absolute atomic E-state index is 12.9. The van der Waals surface area contributed by atoms with Crippen LogP contribution in [0.25, 0.3) is 11.5 Å². The average Bonchev–Trinajstić information content (AvgIpc) is 3.27. The molecule has 2 heterocycles. The van der Waals surface area contributed by atoms with Gasteiger partial charge in [-0.25, -0.2) is 8.42 Å². The first-order valence-corrected chi connectivity index (χ1v) is 12.0. The number of aromatic nitrogens is 2. The van der Waals surface area contributed by atoms with Crippen LogP contribution >= 0.6 is 23.2 Å². The summed E-state index contributed by atoms with van der Waals surface area (Å²) in [6, 6.07) is 12.8. The Hall–Kier alpha value is -2.46. The third-order valence-electron chi connectivity index (χ3n) is 5.06. The fraction of sp³-hybridized carbons (Fsp3) is 0.286. The van der Waals surface area contributed by atoms with Crippen LogP contribution in [0.15, 0.2) is 57.8 Å². The van der Waals surface area contributed by atoms with Gasteiger partial charge in [-0.1, -0.05) is 23.2 Å². The molecule has 0 saturated carbocycles. The summed E-state index contributed by atoms with van der Waals surface area (Å²) in [5.74, 6) is -0.660. The monoisotopic (exact) mass is 495 g/mol. The highest BCUT2D eigenvalue weighted by Crippen LogP contribution is 2.26. The predicted molar refractivity (Wildman–Crippen MR) is 117 cm³/mol. The van der Waals surface area contributed by atoms with Crippen LogP contribution < -0.4 is 0 Å². The number of hydrogen-bond acceptors (Lipinski definition) is 7. The highest BCUT2D eigenvalue weighted by molar-refractivity contribution is 7.89. The van der Waals surface area contributed by atoms with Crippen LogP contribution in [0.3, 0.4) is 0 Å². The Bertz CT molecular complexity index is 1200. The maximum Gasteiger partial charge on any atom is 0.310 e. The number of carbonyl (C=O) groups is 1. The van der Waals surface area contributed by atoms with Crippen molar-refractivity contribution in [2.75, 3.05) is 13.1 Å². The van der Waals surface area contributed by atoms with E-state index in [1.165, 1.54) is 28.6 Å². The molecule has 1 aromatic heterocycles. The van der Waals surface area contributed by atoms with Crippen LogP contribution in [-0.4, -0.2) is 42.0 Å². The second-order valence-electron chi connectivity index (χ2n) is 7.27. The topological polar surface area (TPSA) is 103 Å². The number of nitrogens with zero attached hydrogens (tertiary/aromatic N) is 3. The summed E-state index contributed by atoms with van der Waals surface area (Å²) in [4.78, 5) is 12.7. The Morgan fingerprint density at radius 3 is 2.41 bits per heavy atom. The van der Waals surface area contributed by atoms with E-state index >= 15 is 0 Å². The van der Waals surface area contributed by atoms with Gasteiger partial charge in [0.05, 0.1) is 10.8 Å². The van der Waals surface area contributed by atoms with Crippen molar-refractivity contribution >= 4 is 39.2 Å². The van der Waals surface area contributed by atoms with Gasteiger partial charge in [0.25, 0.3) is 5.89 Å². The molecule has 1 fully saturated rings. The molecule has 0 radical (unpaired) electrons. The van der Waals surface area contributed by atoms with Crippen molar-refractivity contribution in [3.8, 4) is 11.5 Å². The van der Waals surface area contributed by atoms with Crippen molar-refractivity contribution in [2.24, 2.45) is 5.92 Å². The van der Waals surface area contributed by atoms with Crippen molar-refractivity contribution < 1.29 is 22.4 Å². The molecule has 1 aliphatic heterocycles. The number of piperidine rings is 1. The number of benzene rings is 2. The van der Waals surface area contributed by atoms with Crippen LogP contribution in [0.5, 0.6) is 0 Å². The smallest absolute Gasteiger partial charge is 0.310 e. The second kappa shape index (κ2) is 9.58. The van der Waals surface area contributed by atoms with Crippen molar-refractivity contribution in [1.29, 1.82) is 0 Å². The van der Waals surface area contributed by atoms with E-state index in [0.717, 1.165) is 0 Å². The van der Waals surface area contributed by atoms with E-state index in [4.69, 9.17) is 32.4 Å². The van der Waals surface area contributed by atoms with Gasteiger partial charge in [0.1, 0.15) is 0 Å². The lowest BCUT2D eigenvalue weighted by molar-refractivity contribution is -0.151. The first kappa shape index (κ1) is 22.7. The Kier molecular flexibility index (Phi) is 6.80. The zero-order valence-electron chi connectivity index (χ0n) is 16.8. The third-order valence-corrected chi connectivity index (χ3v) is 7.45. The number of esters is 1. The molecule has 32 heavy (non-hydrogen) atoms. The third kappa shape index (κ3) is 5.12. The van der Waals surface area contributed by atoms with Gasteiger partial charge in [-0.15, -0.1) is 10.2 Å². The van der Waals surface area contributed by atoms with Crippen molar-refractivity contribution in [3.05, 3.63) is 64.5 Å². The molecule has 0 aliphatic carbocycles. The minimum Gasteiger partial charge on any atom is -0.455 e. The lowest BCUT2D eigenvalue weighted by atomic mass is 10.0. The molecule has 3 aromatic rings. The van der Waals surface area contributed by atoms with E-state index in [0.29, 0.717) is 35.0 Å². The predicted octanol–water partition coefficient (Wildman–Crippen LogP) is 4.19. The van der Waals surface area contributed by atoms with Gasteiger partial charge in [0.2, 0.25) is 15.9 Å². The van der Waals surface area contributed by atoms with E-state index in [1.54, 1.807) is 24.3 Å². The average molecular weight is 496 g/mol. The number of halogens is 2. The largest absolute Gasteiger partial charge is 0.455 e. The first-order valence-electron chi connectivity index (χ1n) is 9.83. The molecule has 1 atom stereocenters. The quantitative estimate of drug-likeness (QED) is 0.472. The lowest BCUT2D eigenvalue weighted by Gasteiger charge is -2.30. The number of rotatable bonds is 6. The minimum atomic E-state index is -3.73. The Morgan fingerprint density at radius 2 is 1.72 bits per heavy atom. The molecule has 1 saturated heterocycles. The van der Waals surface area contributed by atoms with E-state index in [9.17, 15) is 13.2 Å². The summed E-state index contributed by atoms with van der Waals surface area (Å²) in [7, 11) is -3.73. The Morgan fingerprint density at radius 1 is 1.06 bits per heavy atom. The molecule has 0 bridgehead atoms. The summed E-state index contributed by atoms with van der Waals surface area (Å²) < 4.78 is 37.9. The summed E-state index contributed by atoms with van der Waals surface area (Å²) >= 11 is 11.7. The molecule has 2 aromatic carbocycles. The highest BCUT2D eigenvalue weighted by Gasteiger charge is 2.34. The van der Waals surface area contributed by atoms with Crippen molar-refractivity contribution in [3.63, 3.8) is 0 Å². The molecule has 1 unspecified atom stereocenters. The number of carbonyl (C=O) groups excluding carboxylic acids is 1. The number of ether oxygens (including phenoxy) is 1. The molecule has 168 valence electrons. The van der Waals surface area contributed by atoms with Gasteiger partial charge < -0.3 is 9.15 Å². The van der Waals surface area contributed by atoms with Crippen molar-refractivity contribution in [1.82, 2.24) is 14.5 Å². The molecule has 8 nitrogen and oxygen atoms in total. The number of sulfonamides is 1. The van der Waals surface area contributed by atoms with Gasteiger partial charge >= 0.3 is 5.97 Å². The highest BCUT2D eigenvalue weighted by atomic mass is 35.5. The fourth-order valence-corrected chi connectivity index (χ4v) is 5.16. The second-order valence-corrected chi connectivity index (χ2v) is 10.1. The first-order chi connectivity index (χ1) is 15.3. The van der Waals surface area contributed by atoms with Gasteiger partial charge in [0, 0.05) is 28.7 Å². The minimum absolute atomic E-state index is 0.0453. The van der Waals surface area contributed by atoms with Crippen molar-refractivity contribution in [2.45, 2.75) is 24.3 Å². The van der Waals surface area contributed by atoms with Crippen LogP contribution in [0.4, 0.5) is 0 Å². The fourth-order valence-electron chi connectivity index (χ4n) is 3.38. The molecule has 1 aliphatic rings. The van der Waals surface area contributed by atoms with E-state index in [-0.39, 0.29) is 29.8 Å². The Balaban J connectivity index is 1.36. The van der Waals surface area contributed by atoms with Gasteiger partial charge in [-0.3, -0.25) is 4.79 Å². The summed E-state index contributed by atoms with van der Waals surface area (Å²) in [6.07, 6.45) is 1.08. The number of hydrogen-bond donors (Lipinski definition) is 0. The molecule has 4 rings (SSSR count). The van der Waals surface area contributed by atoms with Crippen LogP contribution in [0.2, 0.25) is 10.0 Å². The molecular weight excluding hydrogens is 477 g/mol. The van der Waals surface area contributed by atoms with Gasteiger partial charge in [-0.05, 0) is 61.4 Å². The molecule has 0 N–H and O–H groups in total. The molecule has 11 heteroatoms. The lowest BCUT2D eigenvalue weighted by Crippen LogP contribution is -2.42. The molecular formula is C21H19Cl2N3O5S. The normalized spacial score (nSPS) is 17.2. The zero-order chi connectivity index (χ0) is 22.7. The van der Waals surface area contributed by atoms with Crippen LogP contribution in [0, 0.1) is 5.92 Å². The molecule has 0 amide bonds. The van der Waals surface area contributed by atoms with Crippen LogP contribution in [-0.2, 0) is 26.2 Å². The van der Waals surface area contributed by atoms with E-state index < -0.39 is 21.9 Å². The zero-order valence-corrected chi connectivity index (χ0v) is 19.1. The molecule has 0 spiro atoms. The summed E-state index contributed by atoms with van der Waals surface area (Å²) in [5.41, 5.74) is 0.690. The maximum atomic E-state index is 12.9. The Labute approximate surface area is 195 Å². The standard InChI is InChI=1S/C21H19Cl2N3O5S/c22-16-5-3-14(4-6-16)20-25-24-19(31-20)13-30-21(27)15-2-1-11-26(12-15)32(28,29)18-9-7-17(23)8-10-18/h3-10,15H,1-2,11-13H2.